The summed E-state index contributed by atoms with van der Waals surface area (Å²) in [5.74, 6) is 1.14. The van der Waals surface area contributed by atoms with E-state index in [4.69, 9.17) is 5.73 Å². The van der Waals surface area contributed by atoms with Crippen molar-refractivity contribution in [2.75, 3.05) is 18.8 Å². The average molecular weight is 327 g/mol. The molecular formula is C15H22FN3O2S. The second kappa shape index (κ2) is 10.9. The monoisotopic (exact) mass is 327 g/mol. The number of urea groups is 1. The first-order valence-electron chi connectivity index (χ1n) is 7.20. The number of nitrogens with one attached hydrogen (secondary N) is 2. The van der Waals surface area contributed by atoms with Gasteiger partial charge in [0.15, 0.2) is 0 Å². The summed E-state index contributed by atoms with van der Waals surface area (Å²) in [6.07, 6.45) is 1.85. The van der Waals surface area contributed by atoms with Crippen molar-refractivity contribution in [2.24, 2.45) is 5.73 Å². The quantitative estimate of drug-likeness (QED) is 0.575. The van der Waals surface area contributed by atoms with E-state index in [2.05, 4.69) is 10.6 Å². The number of halogens is 1. The second-order valence-electron chi connectivity index (χ2n) is 4.74. The van der Waals surface area contributed by atoms with Crippen molar-refractivity contribution in [1.82, 2.24) is 10.6 Å². The van der Waals surface area contributed by atoms with E-state index < -0.39 is 6.03 Å². The summed E-state index contributed by atoms with van der Waals surface area (Å²) < 4.78 is 13.4. The third-order valence-electron chi connectivity index (χ3n) is 2.91. The van der Waals surface area contributed by atoms with Crippen molar-refractivity contribution < 1.29 is 14.0 Å². The van der Waals surface area contributed by atoms with Gasteiger partial charge in [-0.15, -0.1) is 0 Å². The molecule has 4 N–H and O–H groups in total. The Hall–Kier alpha value is -1.76. The maximum atomic E-state index is 13.4. The van der Waals surface area contributed by atoms with Gasteiger partial charge in [0, 0.05) is 31.0 Å². The molecule has 1 rings (SSSR count). The zero-order valence-corrected chi connectivity index (χ0v) is 13.3. The molecule has 122 valence electrons. The van der Waals surface area contributed by atoms with Crippen LogP contribution in [0.15, 0.2) is 24.3 Å². The third-order valence-corrected chi connectivity index (χ3v) is 3.92. The van der Waals surface area contributed by atoms with E-state index in [1.165, 1.54) is 6.07 Å². The van der Waals surface area contributed by atoms with Crippen molar-refractivity contribution >= 4 is 23.7 Å². The lowest BCUT2D eigenvalue weighted by molar-refractivity contribution is -0.121. The van der Waals surface area contributed by atoms with Crippen LogP contribution in [0.1, 0.15) is 24.8 Å². The van der Waals surface area contributed by atoms with Crippen molar-refractivity contribution in [1.29, 1.82) is 0 Å². The summed E-state index contributed by atoms with van der Waals surface area (Å²) in [6.45, 7) is 1.05. The van der Waals surface area contributed by atoms with Gasteiger partial charge in [0.25, 0.3) is 0 Å². The number of primary amides is 1. The molecule has 0 atom stereocenters. The SMILES string of the molecule is NC(=O)NCCCCC(=O)NCCSCc1ccccc1F. The molecule has 22 heavy (non-hydrogen) atoms. The van der Waals surface area contributed by atoms with Crippen molar-refractivity contribution in [2.45, 2.75) is 25.0 Å². The maximum Gasteiger partial charge on any atom is 0.312 e. The minimum absolute atomic E-state index is 0.00873. The highest BCUT2D eigenvalue weighted by Gasteiger charge is 2.02. The van der Waals surface area contributed by atoms with Gasteiger partial charge in [-0.3, -0.25) is 4.79 Å². The minimum Gasteiger partial charge on any atom is -0.355 e. The Bertz CT molecular complexity index is 486. The van der Waals surface area contributed by atoms with Crippen molar-refractivity contribution in [3.05, 3.63) is 35.6 Å². The highest BCUT2D eigenvalue weighted by Crippen LogP contribution is 2.14. The number of rotatable bonds is 10. The Balaban J connectivity index is 1.99. The van der Waals surface area contributed by atoms with Gasteiger partial charge < -0.3 is 16.4 Å². The summed E-state index contributed by atoms with van der Waals surface area (Å²) in [5.41, 5.74) is 5.61. The van der Waals surface area contributed by atoms with Crippen LogP contribution in [-0.2, 0) is 10.5 Å². The van der Waals surface area contributed by atoms with Crippen LogP contribution >= 0.6 is 11.8 Å². The first kappa shape index (κ1) is 18.3. The van der Waals surface area contributed by atoms with Crippen LogP contribution in [0.2, 0.25) is 0 Å². The smallest absolute Gasteiger partial charge is 0.312 e. The zero-order chi connectivity index (χ0) is 16.2. The molecule has 5 nitrogen and oxygen atoms in total. The van der Waals surface area contributed by atoms with Crippen LogP contribution in [-0.4, -0.2) is 30.8 Å². The molecular weight excluding hydrogens is 305 g/mol. The molecule has 0 saturated heterocycles. The summed E-state index contributed by atoms with van der Waals surface area (Å²) >= 11 is 1.58. The number of hydrogen-bond donors (Lipinski definition) is 3. The van der Waals surface area contributed by atoms with E-state index in [1.54, 1.807) is 23.9 Å². The Labute approximate surface area is 134 Å². The maximum absolute atomic E-state index is 13.4. The lowest BCUT2D eigenvalue weighted by Crippen LogP contribution is -2.30. The molecule has 0 radical (unpaired) electrons. The first-order chi connectivity index (χ1) is 10.6. The lowest BCUT2D eigenvalue weighted by Gasteiger charge is -2.06. The molecule has 0 heterocycles. The molecule has 0 aromatic heterocycles. The molecule has 0 bridgehead atoms. The average Bonchev–Trinajstić information content (AvgIpc) is 2.48. The number of unbranched alkanes of at least 4 members (excludes halogenated alkanes) is 1. The molecule has 0 saturated carbocycles. The highest BCUT2D eigenvalue weighted by atomic mass is 32.2. The Kier molecular flexibility index (Phi) is 9.06. The van der Waals surface area contributed by atoms with E-state index >= 15 is 0 Å². The van der Waals surface area contributed by atoms with Gasteiger partial charge in [-0.25, -0.2) is 9.18 Å². The Morgan fingerprint density at radius 1 is 1.14 bits per heavy atom. The van der Waals surface area contributed by atoms with Crippen LogP contribution in [0, 0.1) is 5.82 Å². The molecule has 7 heteroatoms. The van der Waals surface area contributed by atoms with Gasteiger partial charge in [0.05, 0.1) is 0 Å². The fourth-order valence-electron chi connectivity index (χ4n) is 1.77. The fraction of sp³-hybridized carbons (Fsp3) is 0.467. The number of amides is 3. The second-order valence-corrected chi connectivity index (χ2v) is 5.85. The van der Waals surface area contributed by atoms with E-state index in [9.17, 15) is 14.0 Å². The first-order valence-corrected chi connectivity index (χ1v) is 8.36. The predicted octanol–water partition coefficient (Wildman–Crippen LogP) is 2.01. The molecule has 1 aromatic rings. The van der Waals surface area contributed by atoms with E-state index in [0.29, 0.717) is 37.2 Å². The summed E-state index contributed by atoms with van der Waals surface area (Å²) in [4.78, 5) is 22.0. The van der Waals surface area contributed by atoms with Crippen LogP contribution in [0.25, 0.3) is 0 Å². The van der Waals surface area contributed by atoms with Crippen LogP contribution in [0.3, 0.4) is 0 Å². The number of nitrogens with two attached hydrogens (primary N) is 1. The molecule has 3 amide bonds. The molecule has 0 unspecified atom stereocenters. The van der Waals surface area contributed by atoms with Crippen molar-refractivity contribution in [3.63, 3.8) is 0 Å². The van der Waals surface area contributed by atoms with E-state index in [1.807, 2.05) is 6.07 Å². The van der Waals surface area contributed by atoms with Gasteiger partial charge in [-0.1, -0.05) is 18.2 Å². The summed E-state index contributed by atoms with van der Waals surface area (Å²) in [6, 6.07) is 6.15. The summed E-state index contributed by atoms with van der Waals surface area (Å²) in [5, 5.41) is 5.29. The zero-order valence-electron chi connectivity index (χ0n) is 12.4. The highest BCUT2D eigenvalue weighted by molar-refractivity contribution is 7.98. The number of thioether (sulfide) groups is 1. The molecule has 0 aliphatic heterocycles. The van der Waals surface area contributed by atoms with Crippen LogP contribution in [0.4, 0.5) is 9.18 Å². The standard InChI is InChI=1S/C15H22FN3O2S/c16-13-6-2-1-5-12(13)11-22-10-9-18-14(20)7-3-4-8-19-15(17)21/h1-2,5-6H,3-4,7-11H2,(H,18,20)(H3,17,19,21). The van der Waals surface area contributed by atoms with Gasteiger partial charge in [0.2, 0.25) is 5.91 Å². The molecule has 0 aliphatic carbocycles. The van der Waals surface area contributed by atoms with E-state index in [-0.39, 0.29) is 11.7 Å². The largest absolute Gasteiger partial charge is 0.355 e. The fourth-order valence-corrected chi connectivity index (χ4v) is 2.62. The number of hydrogen-bond acceptors (Lipinski definition) is 3. The third kappa shape index (κ3) is 8.51. The molecule has 0 fully saturated rings. The van der Waals surface area contributed by atoms with Crippen LogP contribution < -0.4 is 16.4 Å². The predicted molar refractivity (Wildman–Crippen MR) is 87.0 cm³/mol. The number of carbonyl (C=O) groups is 2. The lowest BCUT2D eigenvalue weighted by atomic mass is 10.2. The summed E-state index contributed by atoms with van der Waals surface area (Å²) in [7, 11) is 0. The number of benzene rings is 1. The Morgan fingerprint density at radius 3 is 2.64 bits per heavy atom. The van der Waals surface area contributed by atoms with E-state index in [0.717, 1.165) is 12.2 Å². The van der Waals surface area contributed by atoms with Gasteiger partial charge >= 0.3 is 6.03 Å². The van der Waals surface area contributed by atoms with Gasteiger partial charge in [0.1, 0.15) is 5.82 Å². The van der Waals surface area contributed by atoms with Gasteiger partial charge in [-0.05, 0) is 24.5 Å². The molecule has 0 spiro atoms. The molecule has 1 aromatic carbocycles. The molecule has 0 aliphatic rings. The number of carbonyl (C=O) groups excluding carboxylic acids is 2. The van der Waals surface area contributed by atoms with Crippen LogP contribution in [0.5, 0.6) is 0 Å². The van der Waals surface area contributed by atoms with Gasteiger partial charge in [-0.2, -0.15) is 11.8 Å². The minimum atomic E-state index is -0.545. The normalized spacial score (nSPS) is 10.2. The van der Waals surface area contributed by atoms with Crippen molar-refractivity contribution in [3.8, 4) is 0 Å². The topological polar surface area (TPSA) is 84.2 Å². The Morgan fingerprint density at radius 2 is 1.91 bits per heavy atom.